The first-order valence-corrected chi connectivity index (χ1v) is 6.07. The van der Waals surface area contributed by atoms with Gasteiger partial charge in [-0.15, -0.1) is 0 Å². The van der Waals surface area contributed by atoms with Gasteiger partial charge < -0.3 is 11.5 Å². The monoisotopic (exact) mass is 303 g/mol. The lowest BCUT2D eigenvalue weighted by atomic mass is 10.2. The first-order valence-electron chi connectivity index (χ1n) is 6.07. The molecule has 0 saturated carbocycles. The van der Waals surface area contributed by atoms with Gasteiger partial charge in [-0.05, 0) is 36.4 Å². The third kappa shape index (κ3) is 5.07. The van der Waals surface area contributed by atoms with Crippen LogP contribution in [0.25, 0.3) is 0 Å². The molecule has 0 bridgehead atoms. The number of nitrogens with zero attached hydrogens (tertiary/aromatic N) is 3. The summed E-state index contributed by atoms with van der Waals surface area (Å²) in [5.74, 6) is 10.7. The number of rotatable bonds is 2. The maximum absolute atomic E-state index is 10.7. The second-order valence-electron chi connectivity index (χ2n) is 3.96. The SMILES string of the molecule is NC(=O)N(N)c1ccc(N(N)C(N)=O)cc1.c1ccncc1. The van der Waals surface area contributed by atoms with E-state index in [9.17, 15) is 9.59 Å². The maximum atomic E-state index is 10.7. The Morgan fingerprint density at radius 3 is 1.32 bits per heavy atom. The molecule has 0 aliphatic rings. The van der Waals surface area contributed by atoms with Crippen LogP contribution in [-0.2, 0) is 0 Å². The first-order chi connectivity index (χ1) is 10.4. The highest BCUT2D eigenvalue weighted by Crippen LogP contribution is 2.17. The molecule has 9 heteroatoms. The molecule has 4 amide bonds. The Hall–Kier alpha value is -3.17. The molecule has 0 fully saturated rings. The molecule has 0 aliphatic heterocycles. The molecule has 2 aromatic rings. The fraction of sp³-hybridized carbons (Fsp3) is 0. The predicted octanol–water partition coefficient (Wildman–Crippen LogP) is 0.286. The van der Waals surface area contributed by atoms with Crippen molar-refractivity contribution in [2.75, 3.05) is 10.0 Å². The summed E-state index contributed by atoms with van der Waals surface area (Å²) in [6.07, 6.45) is 3.50. The zero-order valence-corrected chi connectivity index (χ0v) is 11.7. The van der Waals surface area contributed by atoms with E-state index in [1.165, 1.54) is 24.3 Å². The number of primary amides is 2. The summed E-state index contributed by atoms with van der Waals surface area (Å²) < 4.78 is 0. The average molecular weight is 303 g/mol. The average Bonchev–Trinajstić information content (AvgIpc) is 2.55. The number of hydrazine groups is 2. The van der Waals surface area contributed by atoms with E-state index in [-0.39, 0.29) is 0 Å². The molecule has 0 radical (unpaired) electrons. The molecule has 22 heavy (non-hydrogen) atoms. The lowest BCUT2D eigenvalue weighted by molar-refractivity contribution is 0.253. The molecule has 0 spiro atoms. The zero-order chi connectivity index (χ0) is 16.5. The minimum atomic E-state index is -0.799. The van der Waals surface area contributed by atoms with Gasteiger partial charge in [0.25, 0.3) is 0 Å². The highest BCUT2D eigenvalue weighted by Gasteiger charge is 2.10. The van der Waals surface area contributed by atoms with Crippen molar-refractivity contribution in [2.45, 2.75) is 0 Å². The Balaban J connectivity index is 0.000000335. The summed E-state index contributed by atoms with van der Waals surface area (Å²) >= 11 is 0. The van der Waals surface area contributed by atoms with Crippen LogP contribution in [0.2, 0.25) is 0 Å². The van der Waals surface area contributed by atoms with Crippen molar-refractivity contribution in [3.05, 3.63) is 54.9 Å². The molecular weight excluding hydrogens is 286 g/mol. The van der Waals surface area contributed by atoms with Gasteiger partial charge in [0, 0.05) is 12.4 Å². The largest absolute Gasteiger partial charge is 0.350 e. The summed E-state index contributed by atoms with van der Waals surface area (Å²) in [4.78, 5) is 25.3. The van der Waals surface area contributed by atoms with E-state index in [0.717, 1.165) is 10.0 Å². The van der Waals surface area contributed by atoms with Gasteiger partial charge in [-0.3, -0.25) is 4.98 Å². The van der Waals surface area contributed by atoms with Crippen LogP contribution in [0.15, 0.2) is 54.9 Å². The number of pyridine rings is 1. The summed E-state index contributed by atoms with van der Waals surface area (Å²) in [6, 6.07) is 10.0. The number of carbonyl (C=O) groups excluding carboxylic acids is 2. The molecule has 0 aliphatic carbocycles. The van der Waals surface area contributed by atoms with Gasteiger partial charge in [0.1, 0.15) is 0 Å². The fourth-order valence-electron chi connectivity index (χ4n) is 1.34. The molecule has 1 aromatic carbocycles. The molecule has 116 valence electrons. The van der Waals surface area contributed by atoms with Crippen LogP contribution in [0.5, 0.6) is 0 Å². The van der Waals surface area contributed by atoms with Crippen molar-refractivity contribution in [1.82, 2.24) is 4.98 Å². The molecule has 1 aromatic heterocycles. The maximum Gasteiger partial charge on any atom is 0.333 e. The van der Waals surface area contributed by atoms with Gasteiger partial charge >= 0.3 is 12.1 Å². The van der Waals surface area contributed by atoms with Crippen LogP contribution in [0.4, 0.5) is 21.0 Å². The lowest BCUT2D eigenvalue weighted by Crippen LogP contribution is -2.42. The van der Waals surface area contributed by atoms with E-state index in [2.05, 4.69) is 4.98 Å². The number of aromatic nitrogens is 1. The molecule has 0 atom stereocenters. The number of urea groups is 2. The first kappa shape index (κ1) is 16.9. The second-order valence-corrected chi connectivity index (χ2v) is 3.96. The minimum absolute atomic E-state index is 0.370. The number of carbonyl (C=O) groups is 2. The molecule has 0 unspecified atom stereocenters. The smallest absolute Gasteiger partial charge is 0.333 e. The predicted molar refractivity (Wildman–Crippen MR) is 83.2 cm³/mol. The van der Waals surface area contributed by atoms with Gasteiger partial charge in [-0.2, -0.15) is 0 Å². The number of benzene rings is 1. The van der Waals surface area contributed by atoms with Crippen LogP contribution in [-0.4, -0.2) is 17.0 Å². The normalized spacial score (nSPS) is 9.18. The molecule has 2 rings (SSSR count). The highest BCUT2D eigenvalue weighted by atomic mass is 16.2. The second kappa shape index (κ2) is 8.19. The van der Waals surface area contributed by atoms with E-state index >= 15 is 0 Å². The van der Waals surface area contributed by atoms with Crippen LogP contribution in [0, 0.1) is 0 Å². The number of hydrogen-bond donors (Lipinski definition) is 4. The molecular formula is C13H17N7O2. The minimum Gasteiger partial charge on any atom is -0.350 e. The van der Waals surface area contributed by atoms with Crippen molar-refractivity contribution in [1.29, 1.82) is 0 Å². The number of amides is 4. The van der Waals surface area contributed by atoms with Crippen LogP contribution in [0.1, 0.15) is 0 Å². The Labute approximate surface area is 127 Å². The van der Waals surface area contributed by atoms with Gasteiger partial charge in [-0.25, -0.2) is 31.3 Å². The number of hydrogen-bond acceptors (Lipinski definition) is 5. The van der Waals surface area contributed by atoms with E-state index in [1.807, 2.05) is 18.2 Å². The van der Waals surface area contributed by atoms with Crippen LogP contribution < -0.4 is 33.2 Å². The van der Waals surface area contributed by atoms with Crippen LogP contribution >= 0.6 is 0 Å². The van der Waals surface area contributed by atoms with Crippen molar-refractivity contribution in [3.63, 3.8) is 0 Å². The topological polar surface area (TPSA) is 158 Å². The van der Waals surface area contributed by atoms with Crippen LogP contribution in [0.3, 0.4) is 0 Å². The van der Waals surface area contributed by atoms with Gasteiger partial charge in [0.2, 0.25) is 0 Å². The Bertz CT molecular complexity index is 538. The Morgan fingerprint density at radius 2 is 1.14 bits per heavy atom. The van der Waals surface area contributed by atoms with E-state index in [1.54, 1.807) is 12.4 Å². The van der Waals surface area contributed by atoms with Gasteiger partial charge in [0.15, 0.2) is 0 Å². The summed E-state index contributed by atoms with van der Waals surface area (Å²) in [6.45, 7) is 0. The van der Waals surface area contributed by atoms with Gasteiger partial charge in [-0.1, -0.05) is 6.07 Å². The molecule has 1 heterocycles. The quantitative estimate of drug-likeness (QED) is 0.356. The number of nitrogens with two attached hydrogens (primary N) is 4. The summed E-state index contributed by atoms with van der Waals surface area (Å²) in [5, 5.41) is 1.52. The number of anilines is 2. The fourth-order valence-corrected chi connectivity index (χ4v) is 1.34. The third-order valence-electron chi connectivity index (χ3n) is 2.45. The lowest BCUT2D eigenvalue weighted by Gasteiger charge is -2.16. The Morgan fingerprint density at radius 1 is 0.773 bits per heavy atom. The third-order valence-corrected chi connectivity index (χ3v) is 2.45. The summed E-state index contributed by atoms with van der Waals surface area (Å²) in [5.41, 5.74) is 10.7. The molecule has 9 nitrogen and oxygen atoms in total. The Kier molecular flexibility index (Phi) is 6.29. The zero-order valence-electron chi connectivity index (χ0n) is 11.7. The van der Waals surface area contributed by atoms with Gasteiger partial charge in [0.05, 0.1) is 11.4 Å². The van der Waals surface area contributed by atoms with E-state index in [0.29, 0.717) is 11.4 Å². The highest BCUT2D eigenvalue weighted by molar-refractivity contribution is 5.91. The van der Waals surface area contributed by atoms with E-state index in [4.69, 9.17) is 23.2 Å². The van der Waals surface area contributed by atoms with Crippen molar-refractivity contribution in [2.24, 2.45) is 23.2 Å². The van der Waals surface area contributed by atoms with Crippen molar-refractivity contribution in [3.8, 4) is 0 Å². The molecule has 8 N–H and O–H groups in total. The van der Waals surface area contributed by atoms with Crippen molar-refractivity contribution >= 4 is 23.4 Å². The van der Waals surface area contributed by atoms with Crippen molar-refractivity contribution < 1.29 is 9.59 Å². The van der Waals surface area contributed by atoms with E-state index < -0.39 is 12.1 Å². The molecule has 0 saturated heterocycles. The standard InChI is InChI=1S/C8H12N6O2.C5H5N/c9-7(15)13(11)5-1-2-6(4-3-5)14(12)8(10)16;1-2-4-6-5-3-1/h1-4H,11-12H2,(H2,9,15)(H2,10,16);1-5H. The summed E-state index contributed by atoms with van der Waals surface area (Å²) in [7, 11) is 0.